The Morgan fingerprint density at radius 3 is 2.80 bits per heavy atom. The third-order valence-electron chi connectivity index (χ3n) is 3.29. The van der Waals surface area contributed by atoms with Crippen LogP contribution in [0.4, 0.5) is 11.8 Å². The molecule has 0 radical (unpaired) electrons. The second-order valence-corrected chi connectivity index (χ2v) is 4.64. The van der Waals surface area contributed by atoms with Gasteiger partial charge >= 0.3 is 0 Å². The van der Waals surface area contributed by atoms with Crippen LogP contribution in [0, 0.1) is 0 Å². The van der Waals surface area contributed by atoms with Crippen molar-refractivity contribution in [2.45, 2.75) is 0 Å². The van der Waals surface area contributed by atoms with Crippen LogP contribution in [0.3, 0.4) is 0 Å². The number of nitrogens with one attached hydrogen (secondary N) is 1. The van der Waals surface area contributed by atoms with E-state index in [4.69, 9.17) is 9.84 Å². The number of morpholine rings is 1. The fourth-order valence-corrected chi connectivity index (χ4v) is 2.32. The van der Waals surface area contributed by atoms with Gasteiger partial charge in [-0.05, 0) is 12.1 Å². The third-order valence-corrected chi connectivity index (χ3v) is 3.29. The van der Waals surface area contributed by atoms with E-state index in [9.17, 15) is 0 Å². The zero-order chi connectivity index (χ0) is 13.8. The molecule has 1 aromatic carbocycles. The Morgan fingerprint density at radius 1 is 1.20 bits per heavy atom. The minimum absolute atomic E-state index is 0.0586. The number of para-hydroxylation sites is 1. The molecule has 0 spiro atoms. The zero-order valence-corrected chi connectivity index (χ0v) is 11.2. The van der Waals surface area contributed by atoms with Gasteiger partial charge in [-0.2, -0.15) is 4.98 Å². The van der Waals surface area contributed by atoms with Crippen molar-refractivity contribution in [2.24, 2.45) is 0 Å². The van der Waals surface area contributed by atoms with Crippen molar-refractivity contribution in [1.29, 1.82) is 0 Å². The van der Waals surface area contributed by atoms with Gasteiger partial charge in [0.15, 0.2) is 0 Å². The maximum atomic E-state index is 8.91. The highest BCUT2D eigenvalue weighted by atomic mass is 16.5. The molecular formula is C14H18N4O2. The van der Waals surface area contributed by atoms with Crippen molar-refractivity contribution in [3.05, 3.63) is 24.3 Å². The first-order valence-corrected chi connectivity index (χ1v) is 6.82. The highest BCUT2D eigenvalue weighted by molar-refractivity contribution is 5.90. The topological polar surface area (TPSA) is 70.5 Å². The zero-order valence-electron chi connectivity index (χ0n) is 11.2. The average Bonchev–Trinajstić information content (AvgIpc) is 2.53. The van der Waals surface area contributed by atoms with Crippen LogP contribution in [-0.2, 0) is 4.74 Å². The van der Waals surface area contributed by atoms with Crippen LogP contribution in [0.1, 0.15) is 0 Å². The van der Waals surface area contributed by atoms with Crippen molar-refractivity contribution >= 4 is 22.7 Å². The number of nitrogens with zero attached hydrogens (tertiary/aromatic N) is 3. The maximum Gasteiger partial charge on any atom is 0.225 e. The fourth-order valence-electron chi connectivity index (χ4n) is 2.32. The molecule has 2 heterocycles. The number of benzene rings is 1. The van der Waals surface area contributed by atoms with E-state index in [1.807, 2.05) is 24.3 Å². The van der Waals surface area contributed by atoms with Gasteiger partial charge in [-0.15, -0.1) is 0 Å². The second-order valence-electron chi connectivity index (χ2n) is 4.64. The Balaban J connectivity index is 2.02. The van der Waals surface area contributed by atoms with Gasteiger partial charge in [-0.1, -0.05) is 12.1 Å². The molecule has 20 heavy (non-hydrogen) atoms. The SMILES string of the molecule is OCCNc1nc(N2CCOCC2)c2ccccc2n1. The van der Waals surface area contributed by atoms with E-state index in [0.29, 0.717) is 12.5 Å². The van der Waals surface area contributed by atoms with Gasteiger partial charge in [-0.3, -0.25) is 0 Å². The molecule has 0 unspecified atom stereocenters. The van der Waals surface area contributed by atoms with Gasteiger partial charge < -0.3 is 20.1 Å². The highest BCUT2D eigenvalue weighted by Crippen LogP contribution is 2.25. The number of ether oxygens (including phenoxy) is 1. The maximum absolute atomic E-state index is 8.91. The Labute approximate surface area is 117 Å². The third kappa shape index (κ3) is 2.66. The summed E-state index contributed by atoms with van der Waals surface area (Å²) in [7, 11) is 0. The summed E-state index contributed by atoms with van der Waals surface area (Å²) in [5, 5.41) is 13.0. The molecule has 1 aromatic heterocycles. The number of fused-ring (bicyclic) bond motifs is 1. The van der Waals surface area contributed by atoms with Crippen LogP contribution < -0.4 is 10.2 Å². The van der Waals surface area contributed by atoms with Crippen molar-refractivity contribution in [3.8, 4) is 0 Å². The molecule has 2 aromatic rings. The quantitative estimate of drug-likeness (QED) is 0.862. The Hall–Kier alpha value is -1.92. The lowest BCUT2D eigenvalue weighted by atomic mass is 10.2. The Kier molecular flexibility index (Phi) is 3.94. The standard InChI is InChI=1S/C14H18N4O2/c19-8-5-15-14-16-12-4-2-1-3-11(12)13(17-14)18-6-9-20-10-7-18/h1-4,19H,5-10H2,(H,15,16,17). The first kappa shape index (κ1) is 13.1. The van der Waals surface area contributed by atoms with Crippen LogP contribution >= 0.6 is 0 Å². The van der Waals surface area contributed by atoms with Crippen molar-refractivity contribution in [3.63, 3.8) is 0 Å². The molecule has 0 amide bonds. The molecule has 0 aliphatic carbocycles. The first-order chi connectivity index (χ1) is 9.88. The smallest absolute Gasteiger partial charge is 0.225 e. The van der Waals surface area contributed by atoms with Gasteiger partial charge in [0.05, 0.1) is 25.3 Å². The lowest BCUT2D eigenvalue weighted by Crippen LogP contribution is -2.37. The molecule has 1 saturated heterocycles. The predicted molar refractivity (Wildman–Crippen MR) is 78.1 cm³/mol. The van der Waals surface area contributed by atoms with Crippen LogP contribution in [-0.4, -0.2) is 54.5 Å². The Bertz CT molecular complexity index is 584. The summed E-state index contributed by atoms with van der Waals surface area (Å²) in [5.41, 5.74) is 0.907. The summed E-state index contributed by atoms with van der Waals surface area (Å²) >= 11 is 0. The second kappa shape index (κ2) is 6.02. The molecule has 0 saturated carbocycles. The Morgan fingerprint density at radius 2 is 2.00 bits per heavy atom. The summed E-state index contributed by atoms with van der Waals surface area (Å²) < 4.78 is 5.39. The molecule has 6 nitrogen and oxygen atoms in total. The minimum atomic E-state index is 0.0586. The van der Waals surface area contributed by atoms with Gasteiger partial charge in [-0.25, -0.2) is 4.98 Å². The number of aromatic nitrogens is 2. The summed E-state index contributed by atoms with van der Waals surface area (Å²) in [6, 6.07) is 7.98. The predicted octanol–water partition coefficient (Wildman–Crippen LogP) is 0.871. The average molecular weight is 274 g/mol. The molecule has 3 rings (SSSR count). The van der Waals surface area contributed by atoms with Gasteiger partial charge in [0.1, 0.15) is 5.82 Å². The fraction of sp³-hybridized carbons (Fsp3) is 0.429. The van der Waals surface area contributed by atoms with E-state index in [0.717, 1.165) is 43.0 Å². The van der Waals surface area contributed by atoms with Gasteiger partial charge in [0, 0.05) is 25.0 Å². The van der Waals surface area contributed by atoms with Crippen molar-refractivity contribution < 1.29 is 9.84 Å². The summed E-state index contributed by atoms with van der Waals surface area (Å²) in [6.45, 7) is 3.61. The molecular weight excluding hydrogens is 256 g/mol. The van der Waals surface area contributed by atoms with Crippen molar-refractivity contribution in [2.75, 3.05) is 49.7 Å². The van der Waals surface area contributed by atoms with Gasteiger partial charge in [0.25, 0.3) is 0 Å². The van der Waals surface area contributed by atoms with E-state index in [2.05, 4.69) is 20.2 Å². The summed E-state index contributed by atoms with van der Waals surface area (Å²) in [4.78, 5) is 11.3. The van der Waals surface area contributed by atoms with E-state index < -0.39 is 0 Å². The largest absolute Gasteiger partial charge is 0.395 e. The summed E-state index contributed by atoms with van der Waals surface area (Å²) in [5.74, 6) is 1.48. The molecule has 0 atom stereocenters. The van der Waals surface area contributed by atoms with E-state index >= 15 is 0 Å². The van der Waals surface area contributed by atoms with Crippen LogP contribution in [0.15, 0.2) is 24.3 Å². The molecule has 1 aliphatic rings. The lowest BCUT2D eigenvalue weighted by Gasteiger charge is -2.28. The monoisotopic (exact) mass is 274 g/mol. The molecule has 2 N–H and O–H groups in total. The van der Waals surface area contributed by atoms with Gasteiger partial charge in [0.2, 0.25) is 5.95 Å². The van der Waals surface area contributed by atoms with Crippen LogP contribution in [0.5, 0.6) is 0 Å². The highest BCUT2D eigenvalue weighted by Gasteiger charge is 2.16. The number of anilines is 2. The van der Waals surface area contributed by atoms with Crippen LogP contribution in [0.25, 0.3) is 10.9 Å². The molecule has 1 fully saturated rings. The molecule has 1 aliphatic heterocycles. The molecule has 6 heteroatoms. The lowest BCUT2D eigenvalue weighted by molar-refractivity contribution is 0.122. The molecule has 0 bridgehead atoms. The minimum Gasteiger partial charge on any atom is -0.395 e. The number of hydrogen-bond acceptors (Lipinski definition) is 6. The number of rotatable bonds is 4. The first-order valence-electron chi connectivity index (χ1n) is 6.82. The van der Waals surface area contributed by atoms with E-state index in [1.54, 1.807) is 0 Å². The van der Waals surface area contributed by atoms with E-state index in [1.165, 1.54) is 0 Å². The normalized spacial score (nSPS) is 15.6. The van der Waals surface area contributed by atoms with Crippen molar-refractivity contribution in [1.82, 2.24) is 9.97 Å². The molecule has 106 valence electrons. The number of hydrogen-bond donors (Lipinski definition) is 2. The summed E-state index contributed by atoms with van der Waals surface area (Å²) in [6.07, 6.45) is 0. The number of aliphatic hydroxyl groups is 1. The van der Waals surface area contributed by atoms with Crippen LogP contribution in [0.2, 0.25) is 0 Å². The number of aliphatic hydroxyl groups excluding tert-OH is 1. The van der Waals surface area contributed by atoms with E-state index in [-0.39, 0.29) is 6.61 Å².